The predicted molar refractivity (Wildman–Crippen MR) is 68.5 cm³/mol. The van der Waals surface area contributed by atoms with Crippen LogP contribution in [-0.4, -0.2) is 23.0 Å². The molecule has 0 bridgehead atoms. The summed E-state index contributed by atoms with van der Waals surface area (Å²) in [6, 6.07) is 1.26. The third kappa shape index (κ3) is 3.13. The van der Waals surface area contributed by atoms with Crippen LogP contribution in [0.3, 0.4) is 0 Å². The standard InChI is InChI=1S/C12H22N2S/c1-9(2)11-7-8-15-12(14-11)13-10-5-3-4-6-10/h9-11H,3-8H2,1-2H3,(H,13,14). The van der Waals surface area contributed by atoms with Crippen LogP contribution in [0.5, 0.6) is 0 Å². The van der Waals surface area contributed by atoms with Gasteiger partial charge in [-0.15, -0.1) is 0 Å². The van der Waals surface area contributed by atoms with Gasteiger partial charge in [0, 0.05) is 11.8 Å². The highest BCUT2D eigenvalue weighted by atomic mass is 32.2. The monoisotopic (exact) mass is 226 g/mol. The van der Waals surface area contributed by atoms with Crippen LogP contribution in [0.25, 0.3) is 0 Å². The summed E-state index contributed by atoms with van der Waals surface area (Å²) in [7, 11) is 0. The number of hydrogen-bond donors (Lipinski definition) is 1. The van der Waals surface area contributed by atoms with E-state index in [-0.39, 0.29) is 0 Å². The summed E-state index contributed by atoms with van der Waals surface area (Å²) in [5.74, 6) is 1.92. The van der Waals surface area contributed by atoms with E-state index >= 15 is 0 Å². The van der Waals surface area contributed by atoms with Crippen LogP contribution in [0.1, 0.15) is 46.0 Å². The molecule has 2 aliphatic rings. The van der Waals surface area contributed by atoms with E-state index < -0.39 is 0 Å². The van der Waals surface area contributed by atoms with E-state index in [1.807, 2.05) is 11.8 Å². The highest BCUT2D eigenvalue weighted by Crippen LogP contribution is 2.24. The van der Waals surface area contributed by atoms with Gasteiger partial charge in [-0.2, -0.15) is 0 Å². The number of thioether (sulfide) groups is 1. The molecule has 1 aliphatic carbocycles. The van der Waals surface area contributed by atoms with E-state index in [1.54, 1.807) is 0 Å². The number of amidine groups is 1. The third-order valence-corrected chi connectivity index (χ3v) is 4.32. The van der Waals surface area contributed by atoms with Gasteiger partial charge in [-0.1, -0.05) is 38.5 Å². The first-order valence-corrected chi connectivity index (χ1v) is 7.21. The summed E-state index contributed by atoms with van der Waals surface area (Å²) >= 11 is 1.91. The van der Waals surface area contributed by atoms with Crippen LogP contribution in [0.4, 0.5) is 0 Å². The Kier molecular flexibility index (Phi) is 3.95. The zero-order chi connectivity index (χ0) is 10.7. The van der Waals surface area contributed by atoms with Gasteiger partial charge in [0.25, 0.3) is 0 Å². The normalized spacial score (nSPS) is 28.2. The van der Waals surface area contributed by atoms with Crippen molar-refractivity contribution in [1.29, 1.82) is 0 Å². The first-order chi connectivity index (χ1) is 7.25. The molecular weight excluding hydrogens is 204 g/mol. The molecular formula is C12H22N2S. The van der Waals surface area contributed by atoms with Crippen molar-refractivity contribution in [2.75, 3.05) is 5.75 Å². The molecule has 15 heavy (non-hydrogen) atoms. The molecule has 1 heterocycles. The summed E-state index contributed by atoms with van der Waals surface area (Å²) in [6.45, 7) is 4.55. The second-order valence-corrected chi connectivity index (χ2v) is 6.09. The minimum atomic E-state index is 0.551. The van der Waals surface area contributed by atoms with Crippen molar-refractivity contribution in [2.45, 2.75) is 58.0 Å². The molecule has 1 saturated carbocycles. The molecule has 0 aromatic carbocycles. The highest BCUT2D eigenvalue weighted by molar-refractivity contribution is 8.13. The fraction of sp³-hybridized carbons (Fsp3) is 0.917. The molecule has 86 valence electrons. The van der Waals surface area contributed by atoms with Gasteiger partial charge in [0.15, 0.2) is 5.17 Å². The lowest BCUT2D eigenvalue weighted by molar-refractivity contribution is 0.481. The Morgan fingerprint density at radius 1 is 1.27 bits per heavy atom. The summed E-state index contributed by atoms with van der Waals surface area (Å²) in [5, 5.41) is 4.83. The molecule has 0 radical (unpaired) electrons. The molecule has 1 atom stereocenters. The van der Waals surface area contributed by atoms with Gasteiger partial charge in [0.05, 0.1) is 6.04 Å². The topological polar surface area (TPSA) is 24.4 Å². The second kappa shape index (κ2) is 5.24. The molecule has 1 aliphatic heterocycles. The molecule has 0 spiro atoms. The molecule has 3 heteroatoms. The Hall–Kier alpha value is -0.180. The van der Waals surface area contributed by atoms with Crippen molar-refractivity contribution >= 4 is 16.9 Å². The summed E-state index contributed by atoms with van der Waals surface area (Å²) < 4.78 is 0. The van der Waals surface area contributed by atoms with Crippen LogP contribution in [0, 0.1) is 5.92 Å². The van der Waals surface area contributed by atoms with Crippen LogP contribution >= 0.6 is 11.8 Å². The van der Waals surface area contributed by atoms with E-state index in [4.69, 9.17) is 4.99 Å². The molecule has 2 nitrogen and oxygen atoms in total. The van der Waals surface area contributed by atoms with Crippen molar-refractivity contribution in [3.63, 3.8) is 0 Å². The van der Waals surface area contributed by atoms with Gasteiger partial charge in [-0.05, 0) is 25.2 Å². The molecule has 2 rings (SSSR count). The summed E-state index contributed by atoms with van der Waals surface area (Å²) in [6.07, 6.45) is 6.71. The Morgan fingerprint density at radius 2 is 2.00 bits per heavy atom. The molecule has 1 unspecified atom stereocenters. The lowest BCUT2D eigenvalue weighted by atomic mass is 10.0. The molecule has 0 amide bonds. The number of nitrogens with zero attached hydrogens (tertiary/aromatic N) is 1. The summed E-state index contributed by atoms with van der Waals surface area (Å²) in [4.78, 5) is 4.81. The van der Waals surface area contributed by atoms with Crippen molar-refractivity contribution in [3.05, 3.63) is 0 Å². The number of nitrogens with one attached hydrogen (secondary N) is 1. The van der Waals surface area contributed by atoms with E-state index in [9.17, 15) is 0 Å². The Bertz CT molecular complexity index is 232. The zero-order valence-electron chi connectivity index (χ0n) is 9.83. The van der Waals surface area contributed by atoms with Crippen LogP contribution in [-0.2, 0) is 0 Å². The minimum absolute atomic E-state index is 0.551. The van der Waals surface area contributed by atoms with Gasteiger partial charge in [0.2, 0.25) is 0 Å². The smallest absolute Gasteiger partial charge is 0.157 e. The first kappa shape index (κ1) is 11.3. The van der Waals surface area contributed by atoms with Gasteiger partial charge >= 0.3 is 0 Å². The minimum Gasteiger partial charge on any atom is -0.362 e. The van der Waals surface area contributed by atoms with Gasteiger partial charge in [-0.25, -0.2) is 0 Å². The fourth-order valence-electron chi connectivity index (χ4n) is 2.33. The molecule has 1 N–H and O–H groups in total. The third-order valence-electron chi connectivity index (χ3n) is 3.39. The largest absolute Gasteiger partial charge is 0.362 e. The van der Waals surface area contributed by atoms with Crippen LogP contribution in [0.15, 0.2) is 4.99 Å². The number of rotatable bonds is 2. The van der Waals surface area contributed by atoms with Gasteiger partial charge in [0.1, 0.15) is 0 Å². The Balaban J connectivity index is 1.89. The average molecular weight is 226 g/mol. The van der Waals surface area contributed by atoms with E-state index in [1.165, 1.54) is 43.0 Å². The SMILES string of the molecule is CC(C)C1CCSC(NC2CCCC2)=N1. The van der Waals surface area contributed by atoms with Crippen molar-refractivity contribution in [3.8, 4) is 0 Å². The Morgan fingerprint density at radius 3 is 2.67 bits per heavy atom. The molecule has 1 fully saturated rings. The highest BCUT2D eigenvalue weighted by Gasteiger charge is 2.21. The quantitative estimate of drug-likeness (QED) is 0.782. The maximum absolute atomic E-state index is 4.81. The van der Waals surface area contributed by atoms with Crippen molar-refractivity contribution in [1.82, 2.24) is 5.32 Å². The molecule has 0 saturated heterocycles. The number of aliphatic imine (C=N–C) groups is 1. The zero-order valence-corrected chi connectivity index (χ0v) is 10.6. The number of hydrogen-bond acceptors (Lipinski definition) is 3. The van der Waals surface area contributed by atoms with Gasteiger partial charge < -0.3 is 5.32 Å². The lowest BCUT2D eigenvalue weighted by Crippen LogP contribution is -2.34. The van der Waals surface area contributed by atoms with Crippen molar-refractivity contribution in [2.24, 2.45) is 10.9 Å². The maximum atomic E-state index is 4.81. The van der Waals surface area contributed by atoms with Crippen molar-refractivity contribution < 1.29 is 0 Å². The predicted octanol–water partition coefficient (Wildman–Crippen LogP) is 3.04. The van der Waals surface area contributed by atoms with Crippen LogP contribution in [0.2, 0.25) is 0 Å². The van der Waals surface area contributed by atoms with E-state index in [0.717, 1.165) is 0 Å². The lowest BCUT2D eigenvalue weighted by Gasteiger charge is -2.25. The Labute approximate surface area is 97.3 Å². The van der Waals surface area contributed by atoms with Crippen LogP contribution < -0.4 is 5.32 Å². The van der Waals surface area contributed by atoms with E-state index in [0.29, 0.717) is 18.0 Å². The average Bonchev–Trinajstić information content (AvgIpc) is 2.71. The fourth-order valence-corrected chi connectivity index (χ4v) is 3.35. The van der Waals surface area contributed by atoms with E-state index in [2.05, 4.69) is 19.2 Å². The molecule has 0 aromatic rings. The molecule has 0 aromatic heterocycles. The van der Waals surface area contributed by atoms with Gasteiger partial charge in [-0.3, -0.25) is 4.99 Å². The summed E-state index contributed by atoms with van der Waals surface area (Å²) in [5.41, 5.74) is 0. The first-order valence-electron chi connectivity index (χ1n) is 6.23. The second-order valence-electron chi connectivity index (χ2n) is 5.01. The maximum Gasteiger partial charge on any atom is 0.157 e.